The predicted molar refractivity (Wildman–Crippen MR) is 103 cm³/mol. The molecule has 0 aliphatic heterocycles. The molecule has 2 N–H and O–H groups in total. The molecule has 170 valence electrons. The summed E-state index contributed by atoms with van der Waals surface area (Å²) in [5, 5.41) is 13.4. The van der Waals surface area contributed by atoms with E-state index in [0.717, 1.165) is 36.4 Å². The quantitative estimate of drug-likeness (QED) is 0.565. The molecule has 32 heavy (non-hydrogen) atoms. The molecule has 1 fully saturated rings. The maximum Gasteiger partial charge on any atom is 0.407 e. The molecule has 1 saturated carbocycles. The molecule has 3 rings (SSSR count). The van der Waals surface area contributed by atoms with Crippen LogP contribution in [0.1, 0.15) is 36.4 Å². The molecule has 1 aliphatic rings. The lowest BCUT2D eigenvalue weighted by Gasteiger charge is -2.30. The lowest BCUT2D eigenvalue weighted by atomic mass is 9.97. The molecule has 2 aromatic rings. The third-order valence-electron chi connectivity index (χ3n) is 5.20. The highest BCUT2D eigenvalue weighted by Crippen LogP contribution is 2.38. The lowest BCUT2D eigenvalue weighted by molar-refractivity contribution is -0.163. The maximum absolute atomic E-state index is 14.9. The molecule has 0 spiro atoms. The summed E-state index contributed by atoms with van der Waals surface area (Å²) in [6, 6.07) is 7.07. The van der Waals surface area contributed by atoms with E-state index in [9.17, 15) is 31.1 Å². The second kappa shape index (κ2) is 8.82. The standard InChI is InChI=1S/C22H19F6N3O/c23-16-8-6-14(7-9-16)18(22(26,27)28)30-17(19(32)31-20(13-29)10-11-20)12-21(24,25)15-4-2-1-3-5-15/h1-9,17-18,30H,10-12H2,(H,31,32)/t17?,18-/m0/s1. The Morgan fingerprint density at radius 3 is 2.12 bits per heavy atom. The number of hydrogen-bond acceptors (Lipinski definition) is 3. The Morgan fingerprint density at radius 2 is 1.62 bits per heavy atom. The normalized spacial score (nSPS) is 17.2. The molecule has 0 heterocycles. The first kappa shape index (κ1) is 23.6. The van der Waals surface area contributed by atoms with E-state index in [1.807, 2.05) is 11.4 Å². The number of rotatable bonds is 8. The van der Waals surface area contributed by atoms with Gasteiger partial charge in [-0.3, -0.25) is 10.1 Å². The average Bonchev–Trinajstić information content (AvgIpc) is 3.51. The third kappa shape index (κ3) is 5.59. The van der Waals surface area contributed by atoms with E-state index >= 15 is 0 Å². The fourth-order valence-electron chi connectivity index (χ4n) is 3.23. The largest absolute Gasteiger partial charge is 0.407 e. The first-order chi connectivity index (χ1) is 15.0. The van der Waals surface area contributed by atoms with Crippen LogP contribution in [0.2, 0.25) is 0 Å². The summed E-state index contributed by atoms with van der Waals surface area (Å²) >= 11 is 0. The van der Waals surface area contributed by atoms with Crippen LogP contribution in [0.5, 0.6) is 0 Å². The van der Waals surface area contributed by atoms with Crippen LogP contribution in [0.25, 0.3) is 0 Å². The van der Waals surface area contributed by atoms with Crippen molar-refractivity contribution in [3.8, 4) is 6.07 Å². The summed E-state index contributed by atoms with van der Waals surface area (Å²) < 4.78 is 84.3. The molecule has 2 atom stereocenters. The average molecular weight is 455 g/mol. The van der Waals surface area contributed by atoms with E-state index in [-0.39, 0.29) is 12.8 Å². The molecule has 1 unspecified atom stereocenters. The number of carbonyl (C=O) groups excluding carboxylic acids is 1. The van der Waals surface area contributed by atoms with Gasteiger partial charge in [0.1, 0.15) is 17.4 Å². The zero-order chi connectivity index (χ0) is 23.6. The third-order valence-corrected chi connectivity index (χ3v) is 5.20. The highest BCUT2D eigenvalue weighted by Gasteiger charge is 2.49. The zero-order valence-corrected chi connectivity index (χ0v) is 16.6. The Kier molecular flexibility index (Phi) is 6.51. The van der Waals surface area contributed by atoms with Crippen LogP contribution >= 0.6 is 0 Å². The van der Waals surface area contributed by atoms with Crippen LogP contribution in [0.3, 0.4) is 0 Å². The van der Waals surface area contributed by atoms with Crippen molar-refractivity contribution in [3.63, 3.8) is 0 Å². The van der Waals surface area contributed by atoms with Crippen LogP contribution in [-0.2, 0) is 10.7 Å². The van der Waals surface area contributed by atoms with E-state index in [4.69, 9.17) is 5.26 Å². The van der Waals surface area contributed by atoms with Crippen molar-refractivity contribution in [3.05, 3.63) is 71.5 Å². The SMILES string of the molecule is N#CC1(NC(=O)C(CC(F)(F)c2ccccc2)N[C@@H](c2ccc(F)cc2)C(F)(F)F)CC1. The van der Waals surface area contributed by atoms with Crippen molar-refractivity contribution in [2.75, 3.05) is 0 Å². The fraction of sp³-hybridized carbons (Fsp3) is 0.364. The van der Waals surface area contributed by atoms with Crippen molar-refractivity contribution >= 4 is 5.91 Å². The molecule has 0 radical (unpaired) electrons. The number of hydrogen-bond donors (Lipinski definition) is 2. The molecule has 2 aromatic carbocycles. The van der Waals surface area contributed by atoms with Crippen LogP contribution in [0.15, 0.2) is 54.6 Å². The van der Waals surface area contributed by atoms with Crippen molar-refractivity contribution < 1.29 is 31.1 Å². The Bertz CT molecular complexity index is 981. The molecule has 0 saturated heterocycles. The molecule has 0 aromatic heterocycles. The first-order valence-corrected chi connectivity index (χ1v) is 9.71. The number of alkyl halides is 5. The second-order valence-corrected chi connectivity index (χ2v) is 7.70. The molecule has 4 nitrogen and oxygen atoms in total. The van der Waals surface area contributed by atoms with Crippen LogP contribution in [-0.4, -0.2) is 23.7 Å². The Hall–Kier alpha value is -3.06. The van der Waals surface area contributed by atoms with E-state index in [0.29, 0.717) is 0 Å². The van der Waals surface area contributed by atoms with E-state index in [1.165, 1.54) is 18.2 Å². The monoisotopic (exact) mass is 455 g/mol. The summed E-state index contributed by atoms with van der Waals surface area (Å²) in [5.41, 5.74) is -2.17. The van der Waals surface area contributed by atoms with Gasteiger partial charge in [-0.05, 0) is 30.5 Å². The number of carbonyl (C=O) groups is 1. The Morgan fingerprint density at radius 1 is 1.03 bits per heavy atom. The molecule has 0 bridgehead atoms. The summed E-state index contributed by atoms with van der Waals surface area (Å²) in [4.78, 5) is 12.7. The van der Waals surface area contributed by atoms with Crippen molar-refractivity contribution in [2.45, 2.75) is 49.0 Å². The minimum atomic E-state index is -4.97. The van der Waals surface area contributed by atoms with E-state index < -0.39 is 59.0 Å². The summed E-state index contributed by atoms with van der Waals surface area (Å²) in [5.74, 6) is -5.56. The van der Waals surface area contributed by atoms with Gasteiger partial charge in [0.05, 0.1) is 12.1 Å². The van der Waals surface area contributed by atoms with Crippen molar-refractivity contribution in [1.29, 1.82) is 5.26 Å². The molecular weight excluding hydrogens is 436 g/mol. The van der Waals surface area contributed by atoms with E-state index in [2.05, 4.69) is 5.32 Å². The number of nitrogens with zero attached hydrogens (tertiary/aromatic N) is 1. The van der Waals surface area contributed by atoms with Gasteiger partial charge in [0.25, 0.3) is 5.92 Å². The Balaban J connectivity index is 1.92. The lowest BCUT2D eigenvalue weighted by Crippen LogP contribution is -2.53. The van der Waals surface area contributed by atoms with E-state index in [1.54, 1.807) is 0 Å². The summed E-state index contributed by atoms with van der Waals surface area (Å²) in [6.07, 6.45) is -5.70. The summed E-state index contributed by atoms with van der Waals surface area (Å²) in [7, 11) is 0. The van der Waals surface area contributed by atoms with Crippen LogP contribution in [0.4, 0.5) is 26.3 Å². The van der Waals surface area contributed by atoms with Gasteiger partial charge in [0.15, 0.2) is 0 Å². The second-order valence-electron chi connectivity index (χ2n) is 7.70. The topological polar surface area (TPSA) is 64.9 Å². The Labute approximate surface area is 180 Å². The molecule has 10 heteroatoms. The van der Waals surface area contributed by atoms with Crippen molar-refractivity contribution in [2.24, 2.45) is 0 Å². The highest BCUT2D eigenvalue weighted by molar-refractivity contribution is 5.83. The predicted octanol–water partition coefficient (Wildman–Crippen LogP) is 4.74. The minimum absolute atomic E-state index is 0.275. The zero-order valence-electron chi connectivity index (χ0n) is 16.6. The van der Waals surface area contributed by atoms with Gasteiger partial charge in [0, 0.05) is 12.0 Å². The van der Waals surface area contributed by atoms with Crippen LogP contribution < -0.4 is 10.6 Å². The molecular formula is C22H19F6N3O. The summed E-state index contributed by atoms with van der Waals surface area (Å²) in [6.45, 7) is 0. The van der Waals surface area contributed by atoms with Crippen LogP contribution in [0, 0.1) is 17.1 Å². The van der Waals surface area contributed by atoms with Gasteiger partial charge in [-0.15, -0.1) is 0 Å². The van der Waals surface area contributed by atoms with Gasteiger partial charge in [-0.2, -0.15) is 18.4 Å². The highest BCUT2D eigenvalue weighted by atomic mass is 19.4. The van der Waals surface area contributed by atoms with Gasteiger partial charge in [0.2, 0.25) is 5.91 Å². The van der Waals surface area contributed by atoms with Gasteiger partial charge in [-0.25, -0.2) is 13.2 Å². The fourth-order valence-corrected chi connectivity index (χ4v) is 3.23. The number of halogens is 6. The molecule has 1 aliphatic carbocycles. The van der Waals surface area contributed by atoms with Gasteiger partial charge < -0.3 is 5.32 Å². The minimum Gasteiger partial charge on any atom is -0.336 e. The first-order valence-electron chi connectivity index (χ1n) is 9.71. The number of nitrogens with one attached hydrogen (secondary N) is 2. The maximum atomic E-state index is 14.9. The van der Waals surface area contributed by atoms with Gasteiger partial charge in [-0.1, -0.05) is 42.5 Å². The van der Waals surface area contributed by atoms with Gasteiger partial charge >= 0.3 is 6.18 Å². The molecule has 1 amide bonds. The number of amides is 1. The van der Waals surface area contributed by atoms with Crippen molar-refractivity contribution in [1.82, 2.24) is 10.6 Å². The number of nitriles is 1. The number of benzene rings is 2. The smallest absolute Gasteiger partial charge is 0.336 e.